The van der Waals surface area contributed by atoms with Gasteiger partial charge >= 0.3 is 0 Å². The second-order valence-electron chi connectivity index (χ2n) is 6.43. The Labute approximate surface area is 152 Å². The molecule has 4 nitrogen and oxygen atoms in total. The number of hydrogen-bond acceptors (Lipinski definition) is 4. The highest BCUT2D eigenvalue weighted by atomic mass is 32.2. The first-order valence-corrected chi connectivity index (χ1v) is 10.8. The van der Waals surface area contributed by atoms with Crippen molar-refractivity contribution in [1.82, 2.24) is 9.29 Å². The molecule has 2 heterocycles. The maximum absolute atomic E-state index is 13.1. The predicted octanol–water partition coefficient (Wildman–Crippen LogP) is 4.45. The Bertz CT molecular complexity index is 986. The molecule has 2 aromatic carbocycles. The third-order valence-electron chi connectivity index (χ3n) is 4.66. The minimum Gasteiger partial charge on any atom is -0.236 e. The molecule has 0 radical (unpaired) electrons. The number of rotatable bonds is 3. The number of nitrogens with zero attached hydrogens (tertiary/aromatic N) is 2. The van der Waals surface area contributed by atoms with Crippen molar-refractivity contribution in [3.05, 3.63) is 48.0 Å². The Morgan fingerprint density at radius 1 is 1.04 bits per heavy atom. The topological polar surface area (TPSA) is 50.3 Å². The maximum atomic E-state index is 13.1. The number of sulfonamides is 1. The molecule has 25 heavy (non-hydrogen) atoms. The van der Waals surface area contributed by atoms with Gasteiger partial charge < -0.3 is 0 Å². The van der Waals surface area contributed by atoms with Crippen LogP contribution in [0.15, 0.2) is 47.4 Å². The molecule has 0 atom stereocenters. The zero-order valence-corrected chi connectivity index (χ0v) is 15.7. The number of thiazole rings is 1. The molecule has 0 unspecified atom stereocenters. The summed E-state index contributed by atoms with van der Waals surface area (Å²) < 4.78 is 28.9. The highest BCUT2D eigenvalue weighted by Gasteiger charge is 2.27. The Kier molecular flexibility index (Phi) is 4.35. The van der Waals surface area contributed by atoms with Crippen LogP contribution < -0.4 is 0 Å². The van der Waals surface area contributed by atoms with E-state index >= 15 is 0 Å². The summed E-state index contributed by atoms with van der Waals surface area (Å²) in [6, 6.07) is 13.6. The number of piperidine rings is 1. The van der Waals surface area contributed by atoms with Crippen molar-refractivity contribution in [2.45, 2.75) is 31.1 Å². The molecular weight excluding hydrogens is 352 g/mol. The third kappa shape index (κ3) is 3.10. The van der Waals surface area contributed by atoms with Gasteiger partial charge in [0.15, 0.2) is 0 Å². The highest BCUT2D eigenvalue weighted by molar-refractivity contribution is 7.89. The van der Waals surface area contributed by atoms with E-state index in [-0.39, 0.29) is 0 Å². The number of aromatic nitrogens is 1. The summed E-state index contributed by atoms with van der Waals surface area (Å²) in [4.78, 5) is 5.07. The van der Waals surface area contributed by atoms with Gasteiger partial charge in [0.1, 0.15) is 5.01 Å². The van der Waals surface area contributed by atoms with Crippen LogP contribution in [-0.2, 0) is 10.0 Å². The lowest BCUT2D eigenvalue weighted by Gasteiger charge is -2.26. The molecule has 4 rings (SSSR count). The number of para-hydroxylation sites is 1. The van der Waals surface area contributed by atoms with E-state index in [1.54, 1.807) is 21.7 Å². The number of benzene rings is 2. The monoisotopic (exact) mass is 372 g/mol. The van der Waals surface area contributed by atoms with Crippen molar-refractivity contribution in [1.29, 1.82) is 0 Å². The van der Waals surface area contributed by atoms with Crippen LogP contribution in [0.25, 0.3) is 20.8 Å². The summed E-state index contributed by atoms with van der Waals surface area (Å²) >= 11 is 1.59. The summed E-state index contributed by atoms with van der Waals surface area (Å²) in [7, 11) is -3.44. The molecule has 1 aromatic heterocycles. The van der Waals surface area contributed by atoms with Gasteiger partial charge in [0.2, 0.25) is 10.0 Å². The SMILES string of the molecule is Cc1ccc(-c2nc3ccccc3s2)cc1S(=O)(=O)N1CCCCC1. The van der Waals surface area contributed by atoms with Crippen LogP contribution in [0.1, 0.15) is 24.8 Å². The number of hydrogen-bond donors (Lipinski definition) is 0. The summed E-state index contributed by atoms with van der Waals surface area (Å²) in [5, 5.41) is 0.858. The second-order valence-corrected chi connectivity index (χ2v) is 9.37. The zero-order chi connectivity index (χ0) is 17.4. The largest absolute Gasteiger partial charge is 0.243 e. The first-order valence-electron chi connectivity index (χ1n) is 8.52. The molecule has 0 aliphatic carbocycles. The van der Waals surface area contributed by atoms with Gasteiger partial charge in [-0.15, -0.1) is 11.3 Å². The lowest BCUT2D eigenvalue weighted by Crippen LogP contribution is -2.35. The molecule has 0 amide bonds. The summed E-state index contributed by atoms with van der Waals surface area (Å²) in [5.74, 6) is 0. The van der Waals surface area contributed by atoms with Gasteiger partial charge in [-0.2, -0.15) is 4.31 Å². The molecule has 6 heteroatoms. The molecule has 0 spiro atoms. The normalized spacial score (nSPS) is 16.4. The van der Waals surface area contributed by atoms with Crippen LogP contribution in [0, 0.1) is 6.92 Å². The average Bonchev–Trinajstić information content (AvgIpc) is 3.07. The van der Waals surface area contributed by atoms with Crippen molar-refractivity contribution in [2.75, 3.05) is 13.1 Å². The van der Waals surface area contributed by atoms with Gasteiger partial charge in [-0.05, 0) is 43.5 Å². The van der Waals surface area contributed by atoms with Gasteiger partial charge in [0.05, 0.1) is 15.1 Å². The number of aryl methyl sites for hydroxylation is 1. The molecule has 130 valence electrons. The molecule has 0 bridgehead atoms. The fourth-order valence-electron chi connectivity index (χ4n) is 3.25. The van der Waals surface area contributed by atoms with E-state index in [0.29, 0.717) is 18.0 Å². The Hall–Kier alpha value is -1.76. The van der Waals surface area contributed by atoms with E-state index in [1.165, 1.54) is 0 Å². The van der Waals surface area contributed by atoms with Crippen LogP contribution >= 0.6 is 11.3 Å². The minimum absolute atomic E-state index is 0.408. The van der Waals surface area contributed by atoms with Crippen LogP contribution in [0.5, 0.6) is 0 Å². The lowest BCUT2D eigenvalue weighted by molar-refractivity contribution is 0.346. The molecule has 1 saturated heterocycles. The summed E-state index contributed by atoms with van der Waals surface area (Å²) in [6.07, 6.45) is 2.99. The molecule has 1 aliphatic rings. The van der Waals surface area contributed by atoms with Gasteiger partial charge in [-0.3, -0.25) is 0 Å². The smallest absolute Gasteiger partial charge is 0.236 e. The van der Waals surface area contributed by atoms with Crippen LogP contribution in [0.4, 0.5) is 0 Å². The first-order chi connectivity index (χ1) is 12.1. The standard InChI is InChI=1S/C19H20N2O2S2/c1-14-9-10-15(19-20-16-7-3-4-8-17(16)24-19)13-18(14)25(22,23)21-11-5-2-6-12-21/h3-4,7-10,13H,2,5-6,11-12H2,1H3. The van der Waals surface area contributed by atoms with Gasteiger partial charge in [-0.1, -0.05) is 30.7 Å². The van der Waals surface area contributed by atoms with Crippen molar-refractivity contribution in [3.63, 3.8) is 0 Å². The number of fused-ring (bicyclic) bond motifs is 1. The lowest BCUT2D eigenvalue weighted by atomic mass is 10.1. The molecular formula is C19H20N2O2S2. The quantitative estimate of drug-likeness (QED) is 0.683. The fourth-order valence-corrected chi connectivity index (χ4v) is 5.98. The van der Waals surface area contributed by atoms with E-state index < -0.39 is 10.0 Å². The van der Waals surface area contributed by atoms with Gasteiger partial charge in [0.25, 0.3) is 0 Å². The average molecular weight is 373 g/mol. The molecule has 3 aromatic rings. The third-order valence-corrected chi connectivity index (χ3v) is 7.79. The van der Waals surface area contributed by atoms with Crippen LogP contribution in [0.2, 0.25) is 0 Å². The van der Waals surface area contributed by atoms with E-state index in [4.69, 9.17) is 0 Å². The van der Waals surface area contributed by atoms with Gasteiger partial charge in [-0.25, -0.2) is 13.4 Å². The van der Waals surface area contributed by atoms with E-state index in [0.717, 1.165) is 45.6 Å². The summed E-state index contributed by atoms with van der Waals surface area (Å²) in [5.41, 5.74) is 2.60. The molecule has 1 fully saturated rings. The van der Waals surface area contributed by atoms with Crippen molar-refractivity contribution in [2.24, 2.45) is 0 Å². The van der Waals surface area contributed by atoms with Crippen molar-refractivity contribution >= 4 is 31.6 Å². The van der Waals surface area contributed by atoms with Crippen molar-refractivity contribution in [3.8, 4) is 10.6 Å². The van der Waals surface area contributed by atoms with E-state index in [2.05, 4.69) is 4.98 Å². The fraction of sp³-hybridized carbons (Fsp3) is 0.316. The Balaban J connectivity index is 1.78. The summed E-state index contributed by atoms with van der Waals surface area (Å²) in [6.45, 7) is 3.10. The highest BCUT2D eigenvalue weighted by Crippen LogP contribution is 2.33. The van der Waals surface area contributed by atoms with Crippen LogP contribution in [-0.4, -0.2) is 30.8 Å². The minimum atomic E-state index is -3.44. The molecule has 0 N–H and O–H groups in total. The van der Waals surface area contributed by atoms with Gasteiger partial charge in [0, 0.05) is 18.7 Å². The predicted molar refractivity (Wildman–Crippen MR) is 102 cm³/mol. The van der Waals surface area contributed by atoms with Crippen molar-refractivity contribution < 1.29 is 8.42 Å². The molecule has 1 aliphatic heterocycles. The maximum Gasteiger partial charge on any atom is 0.243 e. The Morgan fingerprint density at radius 3 is 2.56 bits per heavy atom. The molecule has 0 saturated carbocycles. The van der Waals surface area contributed by atoms with Crippen LogP contribution in [0.3, 0.4) is 0 Å². The Morgan fingerprint density at radius 2 is 1.80 bits per heavy atom. The van der Waals surface area contributed by atoms with E-state index in [1.807, 2.05) is 43.3 Å². The van der Waals surface area contributed by atoms with E-state index in [9.17, 15) is 8.42 Å². The first kappa shape index (κ1) is 16.7. The zero-order valence-electron chi connectivity index (χ0n) is 14.1. The second kappa shape index (κ2) is 6.52.